The van der Waals surface area contributed by atoms with Gasteiger partial charge in [-0.2, -0.15) is 0 Å². The molecular weight excluding hydrogens is 184 g/mol. The van der Waals surface area contributed by atoms with Crippen LogP contribution < -0.4 is 0 Å². The molecule has 0 fully saturated rings. The molecule has 1 nitrogen and oxygen atoms in total. The second-order valence-corrected chi connectivity index (χ2v) is 4.14. The van der Waals surface area contributed by atoms with Crippen molar-refractivity contribution in [2.75, 3.05) is 0 Å². The van der Waals surface area contributed by atoms with E-state index in [2.05, 4.69) is 26.5 Å². The third kappa shape index (κ3) is 4.03. The molecule has 0 atom stereocenters. The zero-order valence-corrected chi connectivity index (χ0v) is 10.6. The van der Waals surface area contributed by atoms with Gasteiger partial charge >= 0.3 is 0 Å². The monoisotopic (exact) mass is 208 g/mol. The maximum absolute atomic E-state index is 11.4. The third-order valence-electron chi connectivity index (χ3n) is 3.27. The van der Waals surface area contributed by atoms with E-state index in [-0.39, 0.29) is 11.2 Å². The Hall–Kier alpha value is -0.850. The Balaban J connectivity index is 5.06. The number of carbonyl (C=O) groups is 1. The average Bonchev–Trinajstić information content (AvgIpc) is 2.24. The van der Waals surface area contributed by atoms with Gasteiger partial charge in [0.25, 0.3) is 0 Å². The topological polar surface area (TPSA) is 17.1 Å². The lowest BCUT2D eigenvalue weighted by atomic mass is 9.77. The van der Waals surface area contributed by atoms with Crippen molar-refractivity contribution in [2.24, 2.45) is 5.41 Å². The highest BCUT2D eigenvalue weighted by atomic mass is 16.1. The molecule has 0 bridgehead atoms. The van der Waals surface area contributed by atoms with Crippen LogP contribution in [-0.4, -0.2) is 5.78 Å². The van der Waals surface area contributed by atoms with E-state index >= 15 is 0 Å². The van der Waals surface area contributed by atoms with E-state index in [1.54, 1.807) is 6.92 Å². The third-order valence-corrected chi connectivity index (χ3v) is 3.27. The van der Waals surface area contributed by atoms with Gasteiger partial charge in [-0.3, -0.25) is 4.79 Å². The number of Topliss-reactive ketones (excluding diaryl/α,β-unsaturated/α-hetero) is 1. The molecule has 0 unspecified atom stereocenters. The Morgan fingerprint density at radius 3 is 2.07 bits per heavy atom. The fraction of sp³-hybridized carbons (Fsp3) is 0.643. The molecular formula is C14H24O. The number of hydrogen-bond acceptors (Lipinski definition) is 1. The summed E-state index contributed by atoms with van der Waals surface area (Å²) in [7, 11) is 0. The largest absolute Gasteiger partial charge is 0.295 e. The van der Waals surface area contributed by atoms with Gasteiger partial charge in [0.05, 0.1) is 0 Å². The van der Waals surface area contributed by atoms with E-state index in [0.717, 1.165) is 31.3 Å². The Labute approximate surface area is 94.3 Å². The number of hydrogen-bond donors (Lipinski definition) is 0. The van der Waals surface area contributed by atoms with Crippen molar-refractivity contribution in [1.29, 1.82) is 0 Å². The average molecular weight is 208 g/mol. The van der Waals surface area contributed by atoms with Crippen molar-refractivity contribution in [2.45, 2.75) is 53.4 Å². The lowest BCUT2D eigenvalue weighted by Crippen LogP contribution is -2.16. The zero-order chi connectivity index (χ0) is 11.9. The normalized spacial score (nSPS) is 12.7. The molecule has 0 rings (SSSR count). The summed E-state index contributed by atoms with van der Waals surface area (Å²) in [6.07, 6.45) is 8.04. The molecule has 0 radical (unpaired) electrons. The molecule has 0 heterocycles. The number of ketones is 1. The molecule has 15 heavy (non-hydrogen) atoms. The first-order valence-corrected chi connectivity index (χ1v) is 5.88. The summed E-state index contributed by atoms with van der Waals surface area (Å²) in [4.78, 5) is 11.4. The SMILES string of the molecule is C=CCC(C=C(CC)C(C)=O)(CC)CC. The number of rotatable bonds is 7. The lowest BCUT2D eigenvalue weighted by Gasteiger charge is -2.27. The van der Waals surface area contributed by atoms with Crippen LogP contribution in [0.3, 0.4) is 0 Å². The van der Waals surface area contributed by atoms with Gasteiger partial charge in [-0.15, -0.1) is 6.58 Å². The molecule has 0 saturated heterocycles. The molecule has 0 aromatic heterocycles. The molecule has 0 aliphatic rings. The van der Waals surface area contributed by atoms with Crippen LogP contribution in [0.1, 0.15) is 53.4 Å². The molecule has 0 spiro atoms. The molecule has 0 aliphatic heterocycles. The van der Waals surface area contributed by atoms with Gasteiger partial charge in [-0.05, 0) is 43.6 Å². The highest BCUT2D eigenvalue weighted by Crippen LogP contribution is 2.34. The quantitative estimate of drug-likeness (QED) is 0.450. The molecule has 0 N–H and O–H groups in total. The van der Waals surface area contributed by atoms with Gasteiger partial charge in [-0.25, -0.2) is 0 Å². The van der Waals surface area contributed by atoms with Gasteiger partial charge in [0.15, 0.2) is 5.78 Å². The van der Waals surface area contributed by atoms with Gasteiger partial charge in [-0.1, -0.05) is 32.9 Å². The molecule has 86 valence electrons. The fourth-order valence-corrected chi connectivity index (χ4v) is 1.91. The predicted octanol–water partition coefficient (Wildman–Crippen LogP) is 4.29. The Kier molecular flexibility index (Phi) is 6.23. The summed E-state index contributed by atoms with van der Waals surface area (Å²) < 4.78 is 0. The zero-order valence-electron chi connectivity index (χ0n) is 10.6. The van der Waals surface area contributed by atoms with E-state index in [9.17, 15) is 4.79 Å². The number of allylic oxidation sites excluding steroid dienone is 3. The standard InChI is InChI=1S/C14H24O/c1-6-10-14(8-3,9-4)11-13(7-2)12(5)15/h6,11H,1,7-10H2,2-5H3. The molecule has 0 saturated carbocycles. The molecule has 0 aliphatic carbocycles. The first-order chi connectivity index (χ1) is 7.05. The van der Waals surface area contributed by atoms with Gasteiger partial charge in [0.1, 0.15) is 0 Å². The molecule has 1 heteroatoms. The van der Waals surface area contributed by atoms with Crippen LogP contribution in [0.15, 0.2) is 24.3 Å². The molecule has 0 aromatic rings. The minimum absolute atomic E-state index is 0.138. The molecule has 0 amide bonds. The van der Waals surface area contributed by atoms with Crippen molar-refractivity contribution in [3.63, 3.8) is 0 Å². The predicted molar refractivity (Wildman–Crippen MR) is 66.9 cm³/mol. The van der Waals surface area contributed by atoms with Crippen LogP contribution in [0.4, 0.5) is 0 Å². The summed E-state index contributed by atoms with van der Waals surface area (Å²) in [5.41, 5.74) is 1.10. The summed E-state index contributed by atoms with van der Waals surface area (Å²) >= 11 is 0. The first kappa shape index (κ1) is 14.2. The van der Waals surface area contributed by atoms with Gasteiger partial charge < -0.3 is 0 Å². The second kappa shape index (κ2) is 6.60. The Morgan fingerprint density at radius 1 is 1.27 bits per heavy atom. The van der Waals surface area contributed by atoms with E-state index in [1.165, 1.54) is 0 Å². The second-order valence-electron chi connectivity index (χ2n) is 4.14. The summed E-state index contributed by atoms with van der Waals surface area (Å²) in [6, 6.07) is 0. The molecule has 0 aromatic carbocycles. The van der Waals surface area contributed by atoms with Gasteiger partial charge in [0, 0.05) is 0 Å². The van der Waals surface area contributed by atoms with Crippen molar-refractivity contribution in [3.05, 3.63) is 24.3 Å². The van der Waals surface area contributed by atoms with Crippen molar-refractivity contribution in [1.82, 2.24) is 0 Å². The number of carbonyl (C=O) groups excluding carboxylic acids is 1. The highest BCUT2D eigenvalue weighted by molar-refractivity contribution is 5.93. The van der Waals surface area contributed by atoms with Crippen molar-refractivity contribution >= 4 is 5.78 Å². The minimum Gasteiger partial charge on any atom is -0.295 e. The summed E-state index contributed by atoms with van der Waals surface area (Å²) in [5.74, 6) is 0.202. The van der Waals surface area contributed by atoms with E-state index in [1.807, 2.05) is 13.0 Å². The maximum Gasteiger partial charge on any atom is 0.155 e. The van der Waals surface area contributed by atoms with Crippen LogP contribution in [0, 0.1) is 5.41 Å². The minimum atomic E-state index is 0.138. The van der Waals surface area contributed by atoms with Crippen LogP contribution in [0.5, 0.6) is 0 Å². The lowest BCUT2D eigenvalue weighted by molar-refractivity contribution is -0.113. The van der Waals surface area contributed by atoms with E-state index < -0.39 is 0 Å². The first-order valence-electron chi connectivity index (χ1n) is 5.88. The highest BCUT2D eigenvalue weighted by Gasteiger charge is 2.22. The van der Waals surface area contributed by atoms with Crippen LogP contribution in [0.25, 0.3) is 0 Å². The summed E-state index contributed by atoms with van der Waals surface area (Å²) in [5, 5.41) is 0. The maximum atomic E-state index is 11.4. The fourth-order valence-electron chi connectivity index (χ4n) is 1.91. The van der Waals surface area contributed by atoms with Crippen molar-refractivity contribution < 1.29 is 4.79 Å². The van der Waals surface area contributed by atoms with Gasteiger partial charge in [0.2, 0.25) is 0 Å². The Bertz CT molecular complexity index is 244. The Morgan fingerprint density at radius 2 is 1.80 bits per heavy atom. The van der Waals surface area contributed by atoms with E-state index in [0.29, 0.717) is 0 Å². The van der Waals surface area contributed by atoms with E-state index in [4.69, 9.17) is 0 Å². The van der Waals surface area contributed by atoms with Crippen molar-refractivity contribution in [3.8, 4) is 0 Å². The van der Waals surface area contributed by atoms with Crippen LogP contribution in [-0.2, 0) is 4.79 Å². The van der Waals surface area contributed by atoms with Crippen LogP contribution >= 0.6 is 0 Å². The van der Waals surface area contributed by atoms with Crippen LogP contribution in [0.2, 0.25) is 0 Å². The summed E-state index contributed by atoms with van der Waals surface area (Å²) in [6.45, 7) is 11.9. The smallest absolute Gasteiger partial charge is 0.155 e.